The number of halogens is 1. The number of carbonyl (C=O) groups excluding carboxylic acids is 1. The van der Waals surface area contributed by atoms with Crippen LogP contribution in [-0.4, -0.2) is 53.0 Å². The van der Waals surface area contributed by atoms with Gasteiger partial charge < -0.3 is 15.3 Å². The maximum Gasteiger partial charge on any atom is 0.217 e. The van der Waals surface area contributed by atoms with Crippen LogP contribution in [0, 0.1) is 0 Å². The van der Waals surface area contributed by atoms with Crippen LogP contribution < -0.4 is 5.32 Å². The Morgan fingerprint density at radius 1 is 1.60 bits per heavy atom. The first-order valence-corrected chi connectivity index (χ1v) is 6.47. The molecule has 1 rings (SSSR count). The molecule has 1 heterocycles. The number of carbonyl (C=O) groups is 1. The van der Waals surface area contributed by atoms with E-state index >= 15 is 0 Å². The van der Waals surface area contributed by atoms with E-state index in [4.69, 9.17) is 0 Å². The van der Waals surface area contributed by atoms with Gasteiger partial charge in [-0.1, -0.05) is 15.9 Å². The van der Waals surface area contributed by atoms with Crippen molar-refractivity contribution in [2.75, 3.05) is 25.0 Å². The summed E-state index contributed by atoms with van der Waals surface area (Å²) < 4.78 is 0. The first-order valence-electron chi connectivity index (χ1n) is 5.35. The summed E-state index contributed by atoms with van der Waals surface area (Å²) in [4.78, 5) is 13.1. The molecule has 5 heteroatoms. The van der Waals surface area contributed by atoms with Gasteiger partial charge in [0.2, 0.25) is 5.91 Å². The lowest BCUT2D eigenvalue weighted by Crippen LogP contribution is -2.46. The molecule has 0 aromatic heterocycles. The molecule has 0 aliphatic carbocycles. The molecule has 1 atom stereocenters. The summed E-state index contributed by atoms with van der Waals surface area (Å²) in [5.41, 5.74) is 0. The zero-order valence-electron chi connectivity index (χ0n) is 9.08. The van der Waals surface area contributed by atoms with Crippen molar-refractivity contribution < 1.29 is 9.90 Å². The van der Waals surface area contributed by atoms with Crippen LogP contribution in [0.2, 0.25) is 0 Å². The molecule has 88 valence electrons. The zero-order chi connectivity index (χ0) is 11.3. The third-order valence-corrected chi connectivity index (χ3v) is 3.39. The third kappa shape index (κ3) is 4.95. The number of nitrogens with zero attached hydrogens (tertiary/aromatic N) is 1. The van der Waals surface area contributed by atoms with Gasteiger partial charge in [-0.05, 0) is 12.8 Å². The van der Waals surface area contributed by atoms with Crippen molar-refractivity contribution in [3.05, 3.63) is 0 Å². The molecular weight excluding hydrogens is 260 g/mol. The van der Waals surface area contributed by atoms with Crippen LogP contribution in [0.5, 0.6) is 0 Å². The molecule has 0 radical (unpaired) electrons. The highest BCUT2D eigenvalue weighted by Crippen LogP contribution is 2.10. The van der Waals surface area contributed by atoms with E-state index in [1.165, 1.54) is 0 Å². The molecule has 0 saturated carbocycles. The van der Waals surface area contributed by atoms with Crippen molar-refractivity contribution in [3.63, 3.8) is 0 Å². The Hall–Kier alpha value is -0.130. The number of β-amino-alcohol motifs (C(OH)–C–C–N with tert-alkyl or cyclic N) is 1. The lowest BCUT2D eigenvalue weighted by Gasteiger charge is -2.33. The molecular formula is C10H19BrN2O2. The Morgan fingerprint density at radius 2 is 2.20 bits per heavy atom. The number of nitrogens with one attached hydrogen (secondary N) is 1. The maximum atomic E-state index is 10.8. The van der Waals surface area contributed by atoms with Crippen LogP contribution in [0.15, 0.2) is 0 Å². The summed E-state index contributed by atoms with van der Waals surface area (Å²) in [6.45, 7) is 4.18. The standard InChI is InChI=1S/C10H19BrN2O2/c1-8(14)12-9-2-4-13(5-3-9)7-10(15)6-11/h9-10,15H,2-7H2,1H3,(H,12,14). The van der Waals surface area contributed by atoms with Crippen molar-refractivity contribution in [1.29, 1.82) is 0 Å². The van der Waals surface area contributed by atoms with Gasteiger partial charge in [-0.3, -0.25) is 4.79 Å². The second kappa shape index (κ2) is 6.45. The number of aliphatic hydroxyl groups is 1. The summed E-state index contributed by atoms with van der Waals surface area (Å²) in [6.07, 6.45) is 1.67. The summed E-state index contributed by atoms with van der Waals surface area (Å²) in [5.74, 6) is 0.0499. The molecule has 0 spiro atoms. The first kappa shape index (κ1) is 12.9. The molecule has 1 fully saturated rings. The van der Waals surface area contributed by atoms with E-state index in [9.17, 15) is 9.90 Å². The molecule has 0 aromatic carbocycles. The molecule has 15 heavy (non-hydrogen) atoms. The Labute approximate surface area is 99.2 Å². The van der Waals surface area contributed by atoms with E-state index in [-0.39, 0.29) is 12.0 Å². The van der Waals surface area contributed by atoms with Crippen LogP contribution in [0.4, 0.5) is 0 Å². The summed E-state index contributed by atoms with van der Waals surface area (Å²) in [6, 6.07) is 0.319. The molecule has 1 aliphatic heterocycles. The number of amides is 1. The molecule has 4 nitrogen and oxygen atoms in total. The average Bonchev–Trinajstić information content (AvgIpc) is 2.20. The number of piperidine rings is 1. The minimum absolute atomic E-state index is 0.0499. The van der Waals surface area contributed by atoms with Gasteiger partial charge in [-0.15, -0.1) is 0 Å². The van der Waals surface area contributed by atoms with E-state index in [1.54, 1.807) is 6.92 Å². The second-order valence-electron chi connectivity index (χ2n) is 4.08. The predicted molar refractivity (Wildman–Crippen MR) is 63.1 cm³/mol. The largest absolute Gasteiger partial charge is 0.391 e. The van der Waals surface area contributed by atoms with Crippen LogP contribution in [0.25, 0.3) is 0 Å². The van der Waals surface area contributed by atoms with E-state index < -0.39 is 0 Å². The summed E-state index contributed by atoms with van der Waals surface area (Å²) in [5, 5.41) is 13.0. The van der Waals surface area contributed by atoms with Gasteiger partial charge in [0.25, 0.3) is 0 Å². The quantitative estimate of drug-likeness (QED) is 0.730. The van der Waals surface area contributed by atoms with E-state index in [0.717, 1.165) is 32.5 Å². The summed E-state index contributed by atoms with van der Waals surface area (Å²) >= 11 is 3.25. The molecule has 1 aliphatic rings. The molecule has 2 N–H and O–H groups in total. The van der Waals surface area contributed by atoms with Gasteiger partial charge in [0.15, 0.2) is 0 Å². The number of likely N-dealkylation sites (tertiary alicyclic amines) is 1. The average molecular weight is 279 g/mol. The Morgan fingerprint density at radius 3 is 2.67 bits per heavy atom. The fraction of sp³-hybridized carbons (Fsp3) is 0.900. The lowest BCUT2D eigenvalue weighted by molar-refractivity contribution is -0.120. The highest BCUT2D eigenvalue weighted by molar-refractivity contribution is 9.09. The normalized spacial score (nSPS) is 21.3. The number of aliphatic hydroxyl groups excluding tert-OH is 1. The number of alkyl halides is 1. The van der Waals surface area contributed by atoms with Gasteiger partial charge in [0, 0.05) is 37.9 Å². The van der Waals surface area contributed by atoms with Crippen molar-refractivity contribution >= 4 is 21.8 Å². The van der Waals surface area contributed by atoms with Gasteiger partial charge in [-0.25, -0.2) is 0 Å². The lowest BCUT2D eigenvalue weighted by atomic mass is 10.0. The Kier molecular flexibility index (Phi) is 5.56. The SMILES string of the molecule is CC(=O)NC1CCN(CC(O)CBr)CC1. The molecule has 1 amide bonds. The number of rotatable bonds is 4. The van der Waals surface area contributed by atoms with E-state index in [1.807, 2.05) is 0 Å². The van der Waals surface area contributed by atoms with Crippen molar-refractivity contribution in [2.45, 2.75) is 31.9 Å². The van der Waals surface area contributed by atoms with Gasteiger partial charge in [-0.2, -0.15) is 0 Å². The van der Waals surface area contributed by atoms with Crippen LogP contribution in [0.1, 0.15) is 19.8 Å². The van der Waals surface area contributed by atoms with Gasteiger partial charge >= 0.3 is 0 Å². The van der Waals surface area contributed by atoms with Gasteiger partial charge in [0.1, 0.15) is 0 Å². The minimum Gasteiger partial charge on any atom is -0.391 e. The highest BCUT2D eigenvalue weighted by atomic mass is 79.9. The predicted octanol–water partition coefficient (Wildman–Crippen LogP) is 0.343. The smallest absolute Gasteiger partial charge is 0.217 e. The first-order chi connectivity index (χ1) is 7.11. The molecule has 1 saturated heterocycles. The highest BCUT2D eigenvalue weighted by Gasteiger charge is 2.20. The monoisotopic (exact) mass is 278 g/mol. The van der Waals surface area contributed by atoms with E-state index in [0.29, 0.717) is 11.4 Å². The summed E-state index contributed by atoms with van der Waals surface area (Å²) in [7, 11) is 0. The van der Waals surface area contributed by atoms with E-state index in [2.05, 4.69) is 26.1 Å². The fourth-order valence-corrected chi connectivity index (χ4v) is 2.10. The van der Waals surface area contributed by atoms with Crippen LogP contribution in [-0.2, 0) is 4.79 Å². The Bertz CT molecular complexity index is 206. The minimum atomic E-state index is -0.290. The van der Waals surface area contributed by atoms with Crippen LogP contribution in [0.3, 0.4) is 0 Å². The third-order valence-electron chi connectivity index (χ3n) is 2.64. The molecule has 0 aromatic rings. The second-order valence-corrected chi connectivity index (χ2v) is 4.73. The van der Waals surface area contributed by atoms with Gasteiger partial charge in [0.05, 0.1) is 6.10 Å². The van der Waals surface area contributed by atoms with Crippen molar-refractivity contribution in [1.82, 2.24) is 10.2 Å². The van der Waals surface area contributed by atoms with Crippen molar-refractivity contribution in [3.8, 4) is 0 Å². The fourth-order valence-electron chi connectivity index (χ4n) is 1.89. The number of hydrogen-bond acceptors (Lipinski definition) is 3. The Balaban J connectivity index is 2.20. The zero-order valence-corrected chi connectivity index (χ0v) is 10.7. The molecule has 1 unspecified atom stereocenters. The maximum absolute atomic E-state index is 10.8. The topological polar surface area (TPSA) is 52.6 Å². The van der Waals surface area contributed by atoms with Crippen molar-refractivity contribution in [2.24, 2.45) is 0 Å². The molecule has 0 bridgehead atoms. The van der Waals surface area contributed by atoms with Crippen LogP contribution >= 0.6 is 15.9 Å². The number of hydrogen-bond donors (Lipinski definition) is 2.